The van der Waals surface area contributed by atoms with E-state index in [4.69, 9.17) is 31.5 Å². The van der Waals surface area contributed by atoms with Gasteiger partial charge in [0.1, 0.15) is 6.61 Å². The maximum Gasteiger partial charge on any atom is 0.340 e. The van der Waals surface area contributed by atoms with Crippen molar-refractivity contribution in [2.75, 3.05) is 13.7 Å². The summed E-state index contributed by atoms with van der Waals surface area (Å²) < 4.78 is 15.4. The lowest BCUT2D eigenvalue weighted by Crippen LogP contribution is -2.18. The maximum atomic E-state index is 12.8. The second kappa shape index (κ2) is 9.75. The number of aryl methyl sites for hydroxylation is 1. The van der Waals surface area contributed by atoms with Gasteiger partial charge in [0, 0.05) is 22.3 Å². The zero-order valence-electron chi connectivity index (χ0n) is 15.8. The first-order valence-corrected chi connectivity index (χ1v) is 8.86. The highest BCUT2D eigenvalue weighted by atomic mass is 35.5. The van der Waals surface area contributed by atoms with Gasteiger partial charge in [0.05, 0.1) is 42.5 Å². The van der Waals surface area contributed by atoms with Crippen LogP contribution in [0.15, 0.2) is 36.7 Å². The zero-order valence-corrected chi connectivity index (χ0v) is 16.6. The van der Waals surface area contributed by atoms with Gasteiger partial charge in [-0.25, -0.2) is 9.59 Å². The van der Waals surface area contributed by atoms with Crippen LogP contribution in [-0.4, -0.2) is 30.6 Å². The molecule has 0 bridgehead atoms. The standard InChI is InChI=1S/C20H21ClN2O5/c1-4-28-20(25)18-15(11-27-10-9-22)23-12(2)16(19(24)26-3)17(18)13-7-5-6-8-14(13)21/h5-10H,4,11,22H2,1-3H3/b10-9-. The van der Waals surface area contributed by atoms with E-state index in [1.807, 2.05) is 0 Å². The van der Waals surface area contributed by atoms with Gasteiger partial charge in [0.25, 0.3) is 0 Å². The lowest BCUT2D eigenvalue weighted by Gasteiger charge is -2.19. The summed E-state index contributed by atoms with van der Waals surface area (Å²) in [7, 11) is 1.26. The average molecular weight is 405 g/mol. The fourth-order valence-corrected chi connectivity index (χ4v) is 2.99. The van der Waals surface area contributed by atoms with Gasteiger partial charge in [-0.3, -0.25) is 4.98 Å². The Morgan fingerprint density at radius 1 is 1.21 bits per heavy atom. The number of halogens is 1. The van der Waals surface area contributed by atoms with Crippen molar-refractivity contribution in [1.82, 2.24) is 4.98 Å². The van der Waals surface area contributed by atoms with Crippen LogP contribution in [0.5, 0.6) is 0 Å². The monoisotopic (exact) mass is 404 g/mol. The molecule has 1 aromatic heterocycles. The lowest BCUT2D eigenvalue weighted by atomic mass is 9.92. The molecule has 8 heteroatoms. The van der Waals surface area contributed by atoms with E-state index in [0.29, 0.717) is 21.8 Å². The molecule has 1 aromatic carbocycles. The number of esters is 2. The van der Waals surface area contributed by atoms with E-state index in [2.05, 4.69) is 4.98 Å². The van der Waals surface area contributed by atoms with Crippen LogP contribution in [0.25, 0.3) is 11.1 Å². The molecule has 0 aliphatic rings. The van der Waals surface area contributed by atoms with Crippen LogP contribution in [0.3, 0.4) is 0 Å². The van der Waals surface area contributed by atoms with Crippen molar-refractivity contribution in [3.8, 4) is 11.1 Å². The van der Waals surface area contributed by atoms with Gasteiger partial charge in [-0.15, -0.1) is 0 Å². The number of methoxy groups -OCH3 is 1. The van der Waals surface area contributed by atoms with E-state index >= 15 is 0 Å². The van der Waals surface area contributed by atoms with Gasteiger partial charge in [0.2, 0.25) is 0 Å². The molecule has 0 saturated carbocycles. The molecular weight excluding hydrogens is 384 g/mol. The van der Waals surface area contributed by atoms with Gasteiger partial charge < -0.3 is 19.9 Å². The minimum atomic E-state index is -0.648. The third kappa shape index (κ3) is 4.43. The Morgan fingerprint density at radius 2 is 1.93 bits per heavy atom. The predicted molar refractivity (Wildman–Crippen MR) is 105 cm³/mol. The Labute approximate surface area is 168 Å². The summed E-state index contributed by atoms with van der Waals surface area (Å²) in [6, 6.07) is 6.87. The topological polar surface area (TPSA) is 101 Å². The smallest absolute Gasteiger partial charge is 0.340 e. The Morgan fingerprint density at radius 3 is 2.54 bits per heavy atom. The molecule has 0 atom stereocenters. The molecule has 0 spiro atoms. The molecule has 2 N–H and O–H groups in total. The molecule has 0 aliphatic carbocycles. The Balaban J connectivity index is 2.90. The molecule has 0 amide bonds. The summed E-state index contributed by atoms with van der Waals surface area (Å²) in [5.74, 6) is -1.29. The summed E-state index contributed by atoms with van der Waals surface area (Å²) in [5, 5.41) is 0.359. The molecular formula is C20H21ClN2O5. The third-order valence-corrected chi connectivity index (χ3v) is 4.19. The number of nitrogens with zero attached hydrogens (tertiary/aromatic N) is 1. The first-order valence-electron chi connectivity index (χ1n) is 8.48. The van der Waals surface area contributed by atoms with E-state index in [9.17, 15) is 9.59 Å². The highest BCUT2D eigenvalue weighted by Crippen LogP contribution is 2.36. The molecule has 28 heavy (non-hydrogen) atoms. The fourth-order valence-electron chi connectivity index (χ4n) is 2.76. The van der Waals surface area contributed by atoms with Crippen LogP contribution >= 0.6 is 11.6 Å². The number of carbonyl (C=O) groups excluding carboxylic acids is 2. The fraction of sp³-hybridized carbons (Fsp3) is 0.250. The highest BCUT2D eigenvalue weighted by Gasteiger charge is 2.29. The molecule has 0 fully saturated rings. The number of hydrogen-bond acceptors (Lipinski definition) is 7. The van der Waals surface area contributed by atoms with Gasteiger partial charge in [-0.05, 0) is 19.9 Å². The highest BCUT2D eigenvalue weighted by molar-refractivity contribution is 6.34. The summed E-state index contributed by atoms with van der Waals surface area (Å²) in [6.45, 7) is 3.42. The summed E-state index contributed by atoms with van der Waals surface area (Å²) in [6.07, 6.45) is 2.49. The normalized spacial score (nSPS) is 10.7. The lowest BCUT2D eigenvalue weighted by molar-refractivity contribution is 0.0522. The maximum absolute atomic E-state index is 12.8. The first-order chi connectivity index (χ1) is 13.5. The van der Waals surface area contributed by atoms with Crippen LogP contribution in [0.2, 0.25) is 5.02 Å². The number of carbonyl (C=O) groups is 2. The van der Waals surface area contributed by atoms with Crippen LogP contribution in [0, 0.1) is 6.92 Å². The second-order valence-electron chi connectivity index (χ2n) is 5.60. The van der Waals surface area contributed by atoms with E-state index in [-0.39, 0.29) is 30.0 Å². The van der Waals surface area contributed by atoms with Crippen molar-refractivity contribution in [3.63, 3.8) is 0 Å². The summed E-state index contributed by atoms with van der Waals surface area (Å²) in [5.41, 5.74) is 6.94. The quantitative estimate of drug-likeness (QED) is 0.555. The van der Waals surface area contributed by atoms with E-state index in [1.165, 1.54) is 19.6 Å². The average Bonchev–Trinajstić information content (AvgIpc) is 2.67. The summed E-state index contributed by atoms with van der Waals surface area (Å²) >= 11 is 6.38. The van der Waals surface area contributed by atoms with Crippen molar-refractivity contribution in [2.24, 2.45) is 5.73 Å². The van der Waals surface area contributed by atoms with Crippen molar-refractivity contribution in [2.45, 2.75) is 20.5 Å². The second-order valence-corrected chi connectivity index (χ2v) is 6.01. The van der Waals surface area contributed by atoms with Crippen molar-refractivity contribution in [3.05, 3.63) is 64.3 Å². The van der Waals surface area contributed by atoms with E-state index in [0.717, 1.165) is 0 Å². The largest absolute Gasteiger partial charge is 0.493 e. The minimum Gasteiger partial charge on any atom is -0.493 e. The third-order valence-electron chi connectivity index (χ3n) is 3.86. The number of nitrogens with two attached hydrogens (primary N) is 1. The van der Waals surface area contributed by atoms with Gasteiger partial charge in [-0.1, -0.05) is 29.8 Å². The first kappa shape index (κ1) is 21.2. The summed E-state index contributed by atoms with van der Waals surface area (Å²) in [4.78, 5) is 29.7. The predicted octanol–water partition coefficient (Wildman–Crippen LogP) is 3.62. The molecule has 148 valence electrons. The SMILES string of the molecule is CCOC(=O)c1c(CO/C=C\N)nc(C)c(C(=O)OC)c1-c1ccccc1Cl. The van der Waals surface area contributed by atoms with Crippen molar-refractivity contribution >= 4 is 23.5 Å². The number of ether oxygens (including phenoxy) is 3. The van der Waals surface area contributed by atoms with Crippen LogP contribution in [-0.2, 0) is 20.8 Å². The number of pyridine rings is 1. The molecule has 0 unspecified atom stereocenters. The van der Waals surface area contributed by atoms with E-state index < -0.39 is 11.9 Å². The van der Waals surface area contributed by atoms with E-state index in [1.54, 1.807) is 38.1 Å². The minimum absolute atomic E-state index is 0.0540. The molecule has 1 heterocycles. The molecule has 0 radical (unpaired) electrons. The number of benzene rings is 1. The Bertz CT molecular complexity index is 912. The molecule has 2 rings (SSSR count). The van der Waals surface area contributed by atoms with Crippen molar-refractivity contribution in [1.29, 1.82) is 0 Å². The molecule has 0 saturated heterocycles. The molecule has 7 nitrogen and oxygen atoms in total. The van der Waals surface area contributed by atoms with Gasteiger partial charge >= 0.3 is 11.9 Å². The number of rotatable bonds is 7. The van der Waals surface area contributed by atoms with Gasteiger partial charge in [-0.2, -0.15) is 0 Å². The van der Waals surface area contributed by atoms with Crippen LogP contribution < -0.4 is 5.73 Å². The Hall–Kier alpha value is -3.06. The van der Waals surface area contributed by atoms with Crippen molar-refractivity contribution < 1.29 is 23.8 Å². The molecule has 2 aromatic rings. The van der Waals surface area contributed by atoms with Crippen LogP contribution in [0.1, 0.15) is 39.0 Å². The molecule has 0 aliphatic heterocycles. The number of aromatic nitrogens is 1. The number of hydrogen-bond donors (Lipinski definition) is 1. The Kier molecular flexibility index (Phi) is 7.40. The van der Waals surface area contributed by atoms with Crippen LogP contribution in [0.4, 0.5) is 0 Å². The zero-order chi connectivity index (χ0) is 20.7. The van der Waals surface area contributed by atoms with Gasteiger partial charge in [0.15, 0.2) is 0 Å².